The van der Waals surface area contributed by atoms with E-state index < -0.39 is 0 Å². The van der Waals surface area contributed by atoms with Gasteiger partial charge in [-0.2, -0.15) is 0 Å². The fourth-order valence-corrected chi connectivity index (χ4v) is 2.84. The lowest BCUT2D eigenvalue weighted by molar-refractivity contribution is 0.259. The van der Waals surface area contributed by atoms with Crippen molar-refractivity contribution in [2.24, 2.45) is 5.92 Å². The number of methoxy groups -OCH3 is 1. The van der Waals surface area contributed by atoms with Crippen LogP contribution < -0.4 is 10.1 Å². The van der Waals surface area contributed by atoms with Crippen LogP contribution in [0.25, 0.3) is 0 Å². The molecule has 0 heterocycles. The van der Waals surface area contributed by atoms with Crippen LogP contribution in [0.1, 0.15) is 51.1 Å². The van der Waals surface area contributed by atoms with E-state index in [0.29, 0.717) is 12.1 Å². The summed E-state index contributed by atoms with van der Waals surface area (Å²) in [5.41, 5.74) is 1.25. The van der Waals surface area contributed by atoms with E-state index in [1.807, 2.05) is 12.1 Å². The summed E-state index contributed by atoms with van der Waals surface area (Å²) in [4.78, 5) is 0. The monoisotopic (exact) mass is 247 g/mol. The van der Waals surface area contributed by atoms with Gasteiger partial charge in [0.05, 0.1) is 7.11 Å². The molecule has 0 spiro atoms. The molecular weight excluding hydrogens is 222 g/mol. The standard InChI is InChI=1S/C16H25NO/c1-12(11-14-7-6-8-14)17-13(2)15-9-4-5-10-16(15)18-3/h4-5,9-10,12-14,17H,6-8,11H2,1-3H3/t12?,13-/m0/s1. The number of benzene rings is 1. The average Bonchev–Trinajstić information content (AvgIpc) is 2.33. The largest absolute Gasteiger partial charge is 0.496 e. The maximum Gasteiger partial charge on any atom is 0.123 e. The summed E-state index contributed by atoms with van der Waals surface area (Å²) in [5.74, 6) is 1.94. The van der Waals surface area contributed by atoms with Gasteiger partial charge in [0.15, 0.2) is 0 Å². The number of rotatable bonds is 6. The molecule has 1 aromatic rings. The first-order valence-electron chi connectivity index (χ1n) is 7.09. The van der Waals surface area contributed by atoms with Gasteiger partial charge in [-0.3, -0.25) is 0 Å². The van der Waals surface area contributed by atoms with E-state index in [-0.39, 0.29) is 0 Å². The van der Waals surface area contributed by atoms with Crippen LogP contribution in [0.4, 0.5) is 0 Å². The summed E-state index contributed by atoms with van der Waals surface area (Å²) in [6.07, 6.45) is 5.59. The molecule has 1 aromatic carbocycles. The van der Waals surface area contributed by atoms with Gasteiger partial charge in [0.25, 0.3) is 0 Å². The molecular formula is C16H25NO. The molecule has 1 aliphatic carbocycles. The fraction of sp³-hybridized carbons (Fsp3) is 0.625. The van der Waals surface area contributed by atoms with Gasteiger partial charge in [-0.1, -0.05) is 37.5 Å². The third kappa shape index (κ3) is 3.26. The van der Waals surface area contributed by atoms with Crippen molar-refractivity contribution in [2.75, 3.05) is 7.11 Å². The summed E-state index contributed by atoms with van der Waals surface area (Å²) in [5, 5.41) is 3.69. The minimum Gasteiger partial charge on any atom is -0.496 e. The van der Waals surface area contributed by atoms with Crippen LogP contribution in [0.15, 0.2) is 24.3 Å². The summed E-state index contributed by atoms with van der Waals surface area (Å²) in [7, 11) is 1.74. The lowest BCUT2D eigenvalue weighted by Crippen LogP contribution is -2.32. The molecule has 2 nitrogen and oxygen atoms in total. The number of nitrogens with one attached hydrogen (secondary N) is 1. The molecule has 0 aromatic heterocycles. The van der Waals surface area contributed by atoms with E-state index in [2.05, 4.69) is 31.3 Å². The molecule has 100 valence electrons. The third-order valence-corrected chi connectivity index (χ3v) is 4.05. The van der Waals surface area contributed by atoms with Gasteiger partial charge >= 0.3 is 0 Å². The third-order valence-electron chi connectivity index (χ3n) is 4.05. The smallest absolute Gasteiger partial charge is 0.123 e. The van der Waals surface area contributed by atoms with Crippen molar-refractivity contribution in [1.82, 2.24) is 5.32 Å². The first-order valence-corrected chi connectivity index (χ1v) is 7.09. The Morgan fingerprint density at radius 2 is 2.00 bits per heavy atom. The van der Waals surface area contributed by atoms with Crippen LogP contribution in [-0.2, 0) is 0 Å². The molecule has 1 unspecified atom stereocenters. The van der Waals surface area contributed by atoms with Crippen LogP contribution in [0, 0.1) is 5.92 Å². The van der Waals surface area contributed by atoms with Gasteiger partial charge in [-0.25, -0.2) is 0 Å². The second-order valence-corrected chi connectivity index (χ2v) is 5.56. The van der Waals surface area contributed by atoms with E-state index in [1.54, 1.807) is 7.11 Å². The van der Waals surface area contributed by atoms with Crippen molar-refractivity contribution >= 4 is 0 Å². The van der Waals surface area contributed by atoms with Crippen molar-refractivity contribution in [1.29, 1.82) is 0 Å². The van der Waals surface area contributed by atoms with Gasteiger partial charge in [0.1, 0.15) is 5.75 Å². The van der Waals surface area contributed by atoms with Crippen molar-refractivity contribution < 1.29 is 4.74 Å². The zero-order valence-electron chi connectivity index (χ0n) is 11.8. The Hall–Kier alpha value is -1.02. The second kappa shape index (κ2) is 6.24. The summed E-state index contributed by atoms with van der Waals surface area (Å²) < 4.78 is 5.42. The highest BCUT2D eigenvalue weighted by Crippen LogP contribution is 2.31. The molecule has 18 heavy (non-hydrogen) atoms. The van der Waals surface area contributed by atoms with Gasteiger partial charge in [-0.15, -0.1) is 0 Å². The van der Waals surface area contributed by atoms with E-state index in [0.717, 1.165) is 11.7 Å². The molecule has 1 aliphatic rings. The maximum atomic E-state index is 5.42. The highest BCUT2D eigenvalue weighted by Gasteiger charge is 2.21. The van der Waals surface area contributed by atoms with Crippen molar-refractivity contribution in [3.05, 3.63) is 29.8 Å². The molecule has 0 bridgehead atoms. The van der Waals surface area contributed by atoms with Crippen molar-refractivity contribution in [3.8, 4) is 5.75 Å². The van der Waals surface area contributed by atoms with E-state index >= 15 is 0 Å². The Morgan fingerprint density at radius 1 is 1.28 bits per heavy atom. The summed E-state index contributed by atoms with van der Waals surface area (Å²) in [6.45, 7) is 4.51. The Morgan fingerprint density at radius 3 is 2.61 bits per heavy atom. The van der Waals surface area contributed by atoms with E-state index in [1.165, 1.54) is 31.2 Å². The number of para-hydroxylation sites is 1. The quantitative estimate of drug-likeness (QED) is 0.822. The summed E-state index contributed by atoms with van der Waals surface area (Å²) >= 11 is 0. The van der Waals surface area contributed by atoms with Crippen molar-refractivity contribution in [3.63, 3.8) is 0 Å². The highest BCUT2D eigenvalue weighted by molar-refractivity contribution is 5.35. The number of ether oxygens (including phenoxy) is 1. The maximum absolute atomic E-state index is 5.42. The molecule has 0 amide bonds. The van der Waals surface area contributed by atoms with Crippen LogP contribution >= 0.6 is 0 Å². The van der Waals surface area contributed by atoms with E-state index in [9.17, 15) is 0 Å². The minimum atomic E-state index is 0.344. The molecule has 2 atom stereocenters. The Kier molecular flexibility index (Phi) is 4.65. The van der Waals surface area contributed by atoms with Crippen LogP contribution in [0.3, 0.4) is 0 Å². The minimum absolute atomic E-state index is 0.344. The highest BCUT2D eigenvalue weighted by atomic mass is 16.5. The first-order chi connectivity index (χ1) is 8.70. The Bertz CT molecular complexity index is 373. The van der Waals surface area contributed by atoms with Crippen LogP contribution in [-0.4, -0.2) is 13.2 Å². The SMILES string of the molecule is COc1ccccc1[C@H](C)NC(C)CC1CCC1. The van der Waals surface area contributed by atoms with Gasteiger partial charge in [0, 0.05) is 17.6 Å². The predicted molar refractivity (Wildman–Crippen MR) is 76.0 cm³/mol. The average molecular weight is 247 g/mol. The molecule has 1 saturated carbocycles. The zero-order chi connectivity index (χ0) is 13.0. The number of hydrogen-bond donors (Lipinski definition) is 1. The van der Waals surface area contributed by atoms with Crippen LogP contribution in [0.5, 0.6) is 5.75 Å². The normalized spacial score (nSPS) is 19.1. The van der Waals surface area contributed by atoms with Gasteiger partial charge < -0.3 is 10.1 Å². The van der Waals surface area contributed by atoms with E-state index in [4.69, 9.17) is 4.74 Å². The Balaban J connectivity index is 1.91. The lowest BCUT2D eigenvalue weighted by atomic mass is 9.81. The predicted octanol–water partition coefficient (Wildman–Crippen LogP) is 3.92. The Labute approximate surface area is 111 Å². The molecule has 1 fully saturated rings. The molecule has 0 aliphatic heterocycles. The molecule has 0 radical (unpaired) electrons. The molecule has 2 rings (SSSR count). The second-order valence-electron chi connectivity index (χ2n) is 5.56. The number of hydrogen-bond acceptors (Lipinski definition) is 2. The topological polar surface area (TPSA) is 21.3 Å². The van der Waals surface area contributed by atoms with Crippen LogP contribution in [0.2, 0.25) is 0 Å². The first kappa shape index (κ1) is 13.4. The molecule has 2 heteroatoms. The summed E-state index contributed by atoms with van der Waals surface area (Å²) in [6, 6.07) is 9.20. The zero-order valence-corrected chi connectivity index (χ0v) is 11.8. The van der Waals surface area contributed by atoms with Crippen molar-refractivity contribution in [2.45, 2.75) is 51.6 Å². The molecule has 0 saturated heterocycles. The molecule has 1 N–H and O–H groups in total. The van der Waals surface area contributed by atoms with Gasteiger partial charge in [0.2, 0.25) is 0 Å². The fourth-order valence-electron chi connectivity index (χ4n) is 2.84. The lowest BCUT2D eigenvalue weighted by Gasteiger charge is -2.30. The van der Waals surface area contributed by atoms with Gasteiger partial charge in [-0.05, 0) is 32.3 Å².